The number of benzene rings is 2. The molecule has 2 amide bonds. The molecule has 0 aliphatic heterocycles. The molecule has 158 valence electrons. The highest BCUT2D eigenvalue weighted by Crippen LogP contribution is 2.25. The fourth-order valence-corrected chi connectivity index (χ4v) is 4.13. The number of carbonyl (C=O) groups excluding carboxylic acids is 2. The molecule has 0 unspecified atom stereocenters. The third-order valence-electron chi connectivity index (χ3n) is 5.08. The molecule has 3 aromatic rings. The SMILES string of the molecule is O=C(Nc1ccc(OC2CCCC2)cc1)/C(=C/c1cccs1)NC(=O)c1ccccc1. The van der Waals surface area contributed by atoms with Gasteiger partial charge in [-0.1, -0.05) is 24.3 Å². The molecule has 1 saturated carbocycles. The van der Waals surface area contributed by atoms with Gasteiger partial charge in [0.15, 0.2) is 0 Å². The van der Waals surface area contributed by atoms with Gasteiger partial charge in [-0.25, -0.2) is 0 Å². The van der Waals surface area contributed by atoms with E-state index in [0.717, 1.165) is 23.5 Å². The molecule has 0 atom stereocenters. The topological polar surface area (TPSA) is 67.4 Å². The van der Waals surface area contributed by atoms with E-state index in [-0.39, 0.29) is 23.6 Å². The van der Waals surface area contributed by atoms with Crippen LogP contribution in [0.5, 0.6) is 5.75 Å². The summed E-state index contributed by atoms with van der Waals surface area (Å²) >= 11 is 1.49. The van der Waals surface area contributed by atoms with Crippen LogP contribution in [-0.4, -0.2) is 17.9 Å². The van der Waals surface area contributed by atoms with Crippen LogP contribution in [0.15, 0.2) is 77.8 Å². The monoisotopic (exact) mass is 432 g/mol. The van der Waals surface area contributed by atoms with Crippen LogP contribution in [0.1, 0.15) is 40.9 Å². The number of nitrogens with one attached hydrogen (secondary N) is 2. The number of amides is 2. The maximum atomic E-state index is 12.9. The first-order valence-corrected chi connectivity index (χ1v) is 11.2. The summed E-state index contributed by atoms with van der Waals surface area (Å²) in [6.07, 6.45) is 6.58. The first kappa shape index (κ1) is 20.9. The maximum absolute atomic E-state index is 12.9. The summed E-state index contributed by atoms with van der Waals surface area (Å²) in [4.78, 5) is 26.4. The number of ether oxygens (including phenoxy) is 1. The molecule has 4 rings (SSSR count). The van der Waals surface area contributed by atoms with Crippen LogP contribution in [0.2, 0.25) is 0 Å². The largest absolute Gasteiger partial charge is 0.490 e. The Morgan fingerprint density at radius 1 is 0.935 bits per heavy atom. The van der Waals surface area contributed by atoms with Gasteiger partial charge in [-0.05, 0) is 79.6 Å². The number of hydrogen-bond acceptors (Lipinski definition) is 4. The third-order valence-corrected chi connectivity index (χ3v) is 5.90. The minimum Gasteiger partial charge on any atom is -0.490 e. The van der Waals surface area contributed by atoms with Gasteiger partial charge in [0.05, 0.1) is 6.10 Å². The molecular formula is C25H24N2O3S. The second-order valence-electron chi connectivity index (χ2n) is 7.40. The Morgan fingerprint density at radius 2 is 1.68 bits per heavy atom. The summed E-state index contributed by atoms with van der Waals surface area (Å²) < 4.78 is 5.97. The zero-order valence-electron chi connectivity index (χ0n) is 17.0. The Balaban J connectivity index is 1.46. The average Bonchev–Trinajstić information content (AvgIpc) is 3.49. The standard InChI is InChI=1S/C25H24N2O3S/c28-24(18-7-2-1-3-8-18)27-23(17-22-11-6-16-31-22)25(29)26-19-12-14-21(15-13-19)30-20-9-4-5-10-20/h1-3,6-8,11-17,20H,4-5,9-10H2,(H,26,29)(H,27,28)/b23-17-. The molecule has 1 aliphatic rings. The van der Waals surface area contributed by atoms with E-state index in [9.17, 15) is 9.59 Å². The molecule has 6 heteroatoms. The molecule has 1 heterocycles. The molecule has 0 saturated heterocycles. The molecular weight excluding hydrogens is 408 g/mol. The van der Waals surface area contributed by atoms with Crippen molar-refractivity contribution in [1.29, 1.82) is 0 Å². The number of thiophene rings is 1. The number of anilines is 1. The van der Waals surface area contributed by atoms with Crippen LogP contribution in [0.25, 0.3) is 6.08 Å². The van der Waals surface area contributed by atoms with Gasteiger partial charge in [-0.15, -0.1) is 11.3 Å². The molecule has 31 heavy (non-hydrogen) atoms. The van der Waals surface area contributed by atoms with E-state index in [4.69, 9.17) is 4.74 Å². The summed E-state index contributed by atoms with van der Waals surface area (Å²) in [6, 6.07) is 20.0. The van der Waals surface area contributed by atoms with E-state index in [2.05, 4.69) is 10.6 Å². The third kappa shape index (κ3) is 5.83. The lowest BCUT2D eigenvalue weighted by atomic mass is 10.2. The zero-order valence-corrected chi connectivity index (χ0v) is 17.9. The predicted molar refractivity (Wildman–Crippen MR) is 124 cm³/mol. The Bertz CT molecular complexity index is 1040. The van der Waals surface area contributed by atoms with Gasteiger partial charge in [0.25, 0.3) is 11.8 Å². The van der Waals surface area contributed by atoms with E-state index in [1.807, 2.05) is 47.8 Å². The Morgan fingerprint density at radius 3 is 2.35 bits per heavy atom. The molecule has 0 bridgehead atoms. The summed E-state index contributed by atoms with van der Waals surface area (Å²) in [5, 5.41) is 7.52. The van der Waals surface area contributed by atoms with Crippen molar-refractivity contribution in [3.8, 4) is 5.75 Å². The van der Waals surface area contributed by atoms with Crippen molar-refractivity contribution in [3.63, 3.8) is 0 Å². The van der Waals surface area contributed by atoms with E-state index in [1.54, 1.807) is 30.3 Å². The van der Waals surface area contributed by atoms with Gasteiger partial charge >= 0.3 is 0 Å². The number of carbonyl (C=O) groups is 2. The van der Waals surface area contributed by atoms with Gasteiger partial charge in [0.1, 0.15) is 11.4 Å². The van der Waals surface area contributed by atoms with E-state index in [0.29, 0.717) is 11.3 Å². The minimum atomic E-state index is -0.387. The van der Waals surface area contributed by atoms with Crippen LogP contribution in [-0.2, 0) is 4.79 Å². The normalized spacial score (nSPS) is 14.3. The van der Waals surface area contributed by atoms with Gasteiger partial charge in [-0.3, -0.25) is 9.59 Å². The van der Waals surface area contributed by atoms with Crippen molar-refractivity contribution >= 4 is 34.9 Å². The Labute approximate surface area is 185 Å². The quantitative estimate of drug-likeness (QED) is 0.486. The van der Waals surface area contributed by atoms with Gasteiger partial charge in [-0.2, -0.15) is 0 Å². The van der Waals surface area contributed by atoms with Crippen LogP contribution in [0.3, 0.4) is 0 Å². The molecule has 0 radical (unpaired) electrons. The summed E-state index contributed by atoms with van der Waals surface area (Å²) in [5.41, 5.74) is 1.30. The van der Waals surface area contributed by atoms with Crippen molar-refractivity contribution in [1.82, 2.24) is 5.32 Å². The lowest BCUT2D eigenvalue weighted by Crippen LogP contribution is -2.30. The average molecular weight is 433 g/mol. The first-order chi connectivity index (χ1) is 15.2. The van der Waals surface area contributed by atoms with E-state index >= 15 is 0 Å². The second-order valence-corrected chi connectivity index (χ2v) is 8.38. The summed E-state index contributed by atoms with van der Waals surface area (Å²) in [7, 11) is 0. The molecule has 1 aromatic heterocycles. The minimum absolute atomic E-state index is 0.183. The van der Waals surface area contributed by atoms with Crippen LogP contribution < -0.4 is 15.4 Å². The summed E-state index contributed by atoms with van der Waals surface area (Å²) in [5.74, 6) is 0.0811. The van der Waals surface area contributed by atoms with Crippen molar-refractivity contribution in [2.24, 2.45) is 0 Å². The van der Waals surface area contributed by atoms with Crippen molar-refractivity contribution in [2.45, 2.75) is 31.8 Å². The Kier molecular flexibility index (Phi) is 6.79. The smallest absolute Gasteiger partial charge is 0.272 e. The van der Waals surface area contributed by atoms with Crippen molar-refractivity contribution in [2.75, 3.05) is 5.32 Å². The predicted octanol–water partition coefficient (Wildman–Crippen LogP) is 5.48. The highest BCUT2D eigenvalue weighted by atomic mass is 32.1. The molecule has 0 spiro atoms. The van der Waals surface area contributed by atoms with Crippen LogP contribution in [0.4, 0.5) is 5.69 Å². The molecule has 5 nitrogen and oxygen atoms in total. The molecule has 2 N–H and O–H groups in total. The van der Waals surface area contributed by atoms with Crippen LogP contribution >= 0.6 is 11.3 Å². The molecule has 2 aromatic carbocycles. The van der Waals surface area contributed by atoms with Crippen molar-refractivity contribution < 1.29 is 14.3 Å². The first-order valence-electron chi connectivity index (χ1n) is 10.4. The number of hydrogen-bond donors (Lipinski definition) is 2. The number of rotatable bonds is 7. The highest BCUT2D eigenvalue weighted by molar-refractivity contribution is 7.10. The lowest BCUT2D eigenvalue weighted by molar-refractivity contribution is -0.113. The highest BCUT2D eigenvalue weighted by Gasteiger charge is 2.17. The maximum Gasteiger partial charge on any atom is 0.272 e. The van der Waals surface area contributed by atoms with Gasteiger partial charge < -0.3 is 15.4 Å². The van der Waals surface area contributed by atoms with Gasteiger partial charge in [0, 0.05) is 16.1 Å². The molecule has 1 fully saturated rings. The zero-order chi connectivity index (χ0) is 21.5. The fourth-order valence-electron chi connectivity index (χ4n) is 3.47. The Hall–Kier alpha value is -3.38. The summed E-state index contributed by atoms with van der Waals surface area (Å²) in [6.45, 7) is 0. The van der Waals surface area contributed by atoms with Crippen molar-refractivity contribution in [3.05, 3.63) is 88.2 Å². The van der Waals surface area contributed by atoms with Crippen LogP contribution in [0, 0.1) is 0 Å². The lowest BCUT2D eigenvalue weighted by Gasteiger charge is -2.14. The molecule has 1 aliphatic carbocycles. The van der Waals surface area contributed by atoms with E-state index < -0.39 is 0 Å². The second kappa shape index (κ2) is 10.1. The van der Waals surface area contributed by atoms with Gasteiger partial charge in [0.2, 0.25) is 0 Å². The van der Waals surface area contributed by atoms with E-state index in [1.165, 1.54) is 24.2 Å². The fraction of sp³-hybridized carbons (Fsp3) is 0.200.